The van der Waals surface area contributed by atoms with Crippen LogP contribution in [0.5, 0.6) is 0 Å². The van der Waals surface area contributed by atoms with E-state index in [2.05, 4.69) is 0 Å². The molecule has 0 aromatic rings. The quantitative estimate of drug-likeness (QED) is 0.673. The van der Waals surface area contributed by atoms with Gasteiger partial charge in [-0.2, -0.15) is 0 Å². The lowest BCUT2D eigenvalue weighted by Crippen LogP contribution is -2.43. The van der Waals surface area contributed by atoms with Gasteiger partial charge in [-0.15, -0.1) is 0 Å². The van der Waals surface area contributed by atoms with Crippen molar-refractivity contribution in [2.75, 3.05) is 18.1 Å². The molecule has 0 spiro atoms. The Kier molecular flexibility index (Phi) is 2.77. The smallest absolute Gasteiger partial charge is 0.153 e. The fraction of sp³-hybridized carbons (Fsp3) is 0.875. The standard InChI is InChI=1S/C8H15NO3S/c1-8(7(10)5-9)3-2-4-13(11,12)6-8/h2-6,9H2,1H3. The number of Topliss-reactive ketones (excluding diaryl/α,β-unsaturated/α-hetero) is 1. The maximum atomic E-state index is 11.4. The van der Waals surface area contributed by atoms with E-state index in [1.807, 2.05) is 0 Å². The van der Waals surface area contributed by atoms with Crippen molar-refractivity contribution in [3.63, 3.8) is 0 Å². The zero-order valence-electron chi connectivity index (χ0n) is 7.75. The molecule has 2 N–H and O–H groups in total. The molecule has 0 amide bonds. The fourth-order valence-corrected chi connectivity index (χ4v) is 3.78. The van der Waals surface area contributed by atoms with Crippen molar-refractivity contribution in [2.24, 2.45) is 11.1 Å². The molecule has 1 aliphatic heterocycles. The summed E-state index contributed by atoms with van der Waals surface area (Å²) in [4.78, 5) is 11.4. The molecule has 4 nitrogen and oxygen atoms in total. The summed E-state index contributed by atoms with van der Waals surface area (Å²) in [6, 6.07) is 0. The zero-order valence-corrected chi connectivity index (χ0v) is 8.56. The van der Waals surface area contributed by atoms with E-state index in [0.29, 0.717) is 12.8 Å². The molecule has 0 aromatic heterocycles. The highest BCUT2D eigenvalue weighted by atomic mass is 32.2. The van der Waals surface area contributed by atoms with E-state index in [1.165, 1.54) is 0 Å². The number of hydrogen-bond donors (Lipinski definition) is 1. The van der Waals surface area contributed by atoms with Crippen LogP contribution in [-0.2, 0) is 14.6 Å². The van der Waals surface area contributed by atoms with Crippen molar-refractivity contribution in [3.8, 4) is 0 Å². The van der Waals surface area contributed by atoms with Crippen LogP contribution in [0.4, 0.5) is 0 Å². The topological polar surface area (TPSA) is 77.2 Å². The lowest BCUT2D eigenvalue weighted by molar-refractivity contribution is -0.125. The van der Waals surface area contributed by atoms with Crippen LogP contribution in [0.1, 0.15) is 19.8 Å². The molecule has 1 heterocycles. The van der Waals surface area contributed by atoms with Crippen LogP contribution in [0.3, 0.4) is 0 Å². The number of carbonyl (C=O) groups is 1. The van der Waals surface area contributed by atoms with Crippen LogP contribution in [0.2, 0.25) is 0 Å². The Bertz CT molecular complexity index is 309. The molecular weight excluding hydrogens is 190 g/mol. The van der Waals surface area contributed by atoms with E-state index in [1.54, 1.807) is 6.92 Å². The van der Waals surface area contributed by atoms with Crippen LogP contribution in [0.25, 0.3) is 0 Å². The van der Waals surface area contributed by atoms with E-state index in [-0.39, 0.29) is 23.8 Å². The zero-order chi connectivity index (χ0) is 10.1. The van der Waals surface area contributed by atoms with Gasteiger partial charge in [-0.05, 0) is 12.8 Å². The monoisotopic (exact) mass is 205 g/mol. The minimum absolute atomic E-state index is 0.0317. The molecule has 0 saturated carbocycles. The maximum Gasteiger partial charge on any atom is 0.153 e. The summed E-state index contributed by atoms with van der Waals surface area (Å²) in [5, 5.41) is 0. The number of ketones is 1. The molecule has 1 aliphatic rings. The van der Waals surface area contributed by atoms with Gasteiger partial charge < -0.3 is 5.73 Å². The number of sulfone groups is 1. The van der Waals surface area contributed by atoms with Gasteiger partial charge in [0.25, 0.3) is 0 Å². The van der Waals surface area contributed by atoms with Crippen molar-refractivity contribution in [1.29, 1.82) is 0 Å². The third-order valence-corrected chi connectivity index (χ3v) is 4.57. The van der Waals surface area contributed by atoms with Crippen LogP contribution < -0.4 is 5.73 Å². The van der Waals surface area contributed by atoms with E-state index in [4.69, 9.17) is 5.73 Å². The first kappa shape index (κ1) is 10.7. The normalized spacial score (nSPS) is 32.8. The second-order valence-electron chi connectivity index (χ2n) is 3.88. The van der Waals surface area contributed by atoms with Crippen molar-refractivity contribution < 1.29 is 13.2 Å². The van der Waals surface area contributed by atoms with Crippen molar-refractivity contribution in [2.45, 2.75) is 19.8 Å². The Labute approximate surface area is 78.4 Å². The lowest BCUT2D eigenvalue weighted by Gasteiger charge is -2.31. The highest BCUT2D eigenvalue weighted by Gasteiger charge is 2.39. The molecule has 1 atom stereocenters. The number of carbonyl (C=O) groups excluding carboxylic acids is 1. The fourth-order valence-electron chi connectivity index (χ4n) is 1.78. The lowest BCUT2D eigenvalue weighted by atomic mass is 9.83. The van der Waals surface area contributed by atoms with Gasteiger partial charge in [0.1, 0.15) is 0 Å². The Morgan fingerprint density at radius 1 is 1.54 bits per heavy atom. The molecule has 0 aromatic carbocycles. The minimum Gasteiger partial charge on any atom is -0.324 e. The van der Waals surface area contributed by atoms with Gasteiger partial charge >= 0.3 is 0 Å². The molecule has 76 valence electrons. The molecular formula is C8H15NO3S. The first-order chi connectivity index (χ1) is 5.90. The molecule has 1 unspecified atom stereocenters. The molecule has 1 saturated heterocycles. The van der Waals surface area contributed by atoms with Gasteiger partial charge in [-0.3, -0.25) is 4.79 Å². The second kappa shape index (κ2) is 3.38. The predicted octanol–water partition coefficient (Wildman–Crippen LogP) is -0.271. The van der Waals surface area contributed by atoms with Crippen LogP contribution in [0, 0.1) is 5.41 Å². The SMILES string of the molecule is CC1(C(=O)CN)CCCS(=O)(=O)C1. The first-order valence-corrected chi connectivity index (χ1v) is 6.16. The van der Waals surface area contributed by atoms with Crippen LogP contribution >= 0.6 is 0 Å². The van der Waals surface area contributed by atoms with Crippen LogP contribution in [0.15, 0.2) is 0 Å². The molecule has 0 aliphatic carbocycles. The molecule has 1 fully saturated rings. The summed E-state index contributed by atoms with van der Waals surface area (Å²) in [6.07, 6.45) is 1.22. The summed E-state index contributed by atoms with van der Waals surface area (Å²) in [5.74, 6) is 0.0343. The van der Waals surface area contributed by atoms with Crippen LogP contribution in [-0.4, -0.2) is 32.3 Å². The Morgan fingerprint density at radius 2 is 2.15 bits per heavy atom. The molecule has 0 radical (unpaired) electrons. The van der Waals surface area contributed by atoms with E-state index in [9.17, 15) is 13.2 Å². The third kappa shape index (κ3) is 2.28. The summed E-state index contributed by atoms with van der Waals surface area (Å²) in [7, 11) is -3.02. The maximum absolute atomic E-state index is 11.4. The summed E-state index contributed by atoms with van der Waals surface area (Å²) in [5.41, 5.74) is 4.50. The predicted molar refractivity (Wildman–Crippen MR) is 50.1 cm³/mol. The highest BCUT2D eigenvalue weighted by Crippen LogP contribution is 2.31. The van der Waals surface area contributed by atoms with Crippen molar-refractivity contribution >= 4 is 15.6 Å². The molecule has 5 heteroatoms. The second-order valence-corrected chi connectivity index (χ2v) is 6.07. The largest absolute Gasteiger partial charge is 0.324 e. The van der Waals surface area contributed by atoms with E-state index < -0.39 is 15.3 Å². The highest BCUT2D eigenvalue weighted by molar-refractivity contribution is 7.91. The summed E-state index contributed by atoms with van der Waals surface area (Å²) in [6.45, 7) is 1.63. The summed E-state index contributed by atoms with van der Waals surface area (Å²) < 4.78 is 22.6. The Morgan fingerprint density at radius 3 is 2.62 bits per heavy atom. The molecule has 1 rings (SSSR count). The van der Waals surface area contributed by atoms with E-state index in [0.717, 1.165) is 0 Å². The average Bonchev–Trinajstić information content (AvgIpc) is 2.00. The van der Waals surface area contributed by atoms with E-state index >= 15 is 0 Å². The van der Waals surface area contributed by atoms with Gasteiger partial charge in [0.15, 0.2) is 15.6 Å². The summed E-state index contributed by atoms with van der Waals surface area (Å²) >= 11 is 0. The number of rotatable bonds is 2. The van der Waals surface area contributed by atoms with Gasteiger partial charge in [-0.1, -0.05) is 6.92 Å². The van der Waals surface area contributed by atoms with Crippen molar-refractivity contribution in [3.05, 3.63) is 0 Å². The molecule has 13 heavy (non-hydrogen) atoms. The minimum atomic E-state index is -3.02. The Hall–Kier alpha value is -0.420. The van der Waals surface area contributed by atoms with Gasteiger partial charge in [0.05, 0.1) is 18.1 Å². The average molecular weight is 205 g/mol. The third-order valence-electron chi connectivity index (χ3n) is 2.58. The molecule has 0 bridgehead atoms. The van der Waals surface area contributed by atoms with Gasteiger partial charge in [-0.25, -0.2) is 8.42 Å². The number of hydrogen-bond acceptors (Lipinski definition) is 4. The van der Waals surface area contributed by atoms with Gasteiger partial charge in [0.2, 0.25) is 0 Å². The first-order valence-electron chi connectivity index (χ1n) is 4.33. The van der Waals surface area contributed by atoms with Gasteiger partial charge in [0, 0.05) is 5.41 Å². The Balaban J connectivity index is 2.86. The number of nitrogens with two attached hydrogens (primary N) is 1. The van der Waals surface area contributed by atoms with Crippen molar-refractivity contribution in [1.82, 2.24) is 0 Å².